The highest BCUT2D eigenvalue weighted by molar-refractivity contribution is 5.56. The molecule has 0 aliphatic carbocycles. The van der Waals surface area contributed by atoms with Crippen molar-refractivity contribution in [1.29, 1.82) is 0 Å². The summed E-state index contributed by atoms with van der Waals surface area (Å²) in [5, 5.41) is 13.3. The van der Waals surface area contributed by atoms with E-state index in [1.54, 1.807) is 12.1 Å². The number of hydrogen-bond donors (Lipinski definition) is 2. The molecule has 0 saturated heterocycles. The molecule has 1 aliphatic rings. The number of aromatic hydroxyl groups is 1. The maximum absolute atomic E-state index is 9.83. The molecule has 2 N–H and O–H groups in total. The number of benzene rings is 2. The van der Waals surface area contributed by atoms with Gasteiger partial charge in [-0.05, 0) is 18.2 Å². The van der Waals surface area contributed by atoms with E-state index in [2.05, 4.69) is 11.4 Å². The molecule has 104 valence electrons. The zero-order valence-electron chi connectivity index (χ0n) is 11.3. The summed E-state index contributed by atoms with van der Waals surface area (Å²) in [7, 11) is 1.54. The van der Waals surface area contributed by atoms with Crippen molar-refractivity contribution in [1.82, 2.24) is 0 Å². The maximum atomic E-state index is 9.83. The second kappa shape index (κ2) is 5.33. The molecule has 0 bridgehead atoms. The van der Waals surface area contributed by atoms with Gasteiger partial charge in [0.2, 0.25) is 0 Å². The second-order valence-corrected chi connectivity index (χ2v) is 4.76. The third-order valence-electron chi connectivity index (χ3n) is 3.48. The van der Waals surface area contributed by atoms with E-state index in [-0.39, 0.29) is 11.8 Å². The van der Waals surface area contributed by atoms with E-state index in [1.807, 2.05) is 24.3 Å². The Bertz CT molecular complexity index is 612. The van der Waals surface area contributed by atoms with Crippen LogP contribution in [0.15, 0.2) is 42.5 Å². The second-order valence-electron chi connectivity index (χ2n) is 4.76. The van der Waals surface area contributed by atoms with Crippen molar-refractivity contribution in [2.75, 3.05) is 19.0 Å². The molecule has 2 aromatic rings. The predicted molar refractivity (Wildman–Crippen MR) is 77.6 cm³/mol. The number of methoxy groups -OCH3 is 1. The van der Waals surface area contributed by atoms with Crippen LogP contribution < -0.4 is 14.8 Å². The van der Waals surface area contributed by atoms with Gasteiger partial charge in [-0.1, -0.05) is 18.2 Å². The van der Waals surface area contributed by atoms with E-state index >= 15 is 0 Å². The summed E-state index contributed by atoms with van der Waals surface area (Å²) in [6.45, 7) is 0.691. The van der Waals surface area contributed by atoms with Crippen LogP contribution in [0.25, 0.3) is 0 Å². The van der Waals surface area contributed by atoms with Gasteiger partial charge in [-0.3, -0.25) is 0 Å². The maximum Gasteiger partial charge on any atom is 0.160 e. The Morgan fingerprint density at radius 1 is 1.25 bits per heavy atom. The average molecular weight is 271 g/mol. The standard InChI is InChI=1S/C16H17NO3/c1-19-16-7-6-11(10-14(16)18)17-13-8-9-20-15-5-3-2-4-12(13)15/h2-7,10,13,17-18H,8-9H2,1H3. The van der Waals surface area contributed by atoms with Crippen molar-refractivity contribution < 1.29 is 14.6 Å². The number of rotatable bonds is 3. The predicted octanol–water partition coefficient (Wildman–Crippen LogP) is 3.34. The van der Waals surface area contributed by atoms with Crippen molar-refractivity contribution in [3.05, 3.63) is 48.0 Å². The van der Waals surface area contributed by atoms with Gasteiger partial charge in [0.05, 0.1) is 19.8 Å². The van der Waals surface area contributed by atoms with E-state index in [1.165, 1.54) is 7.11 Å². The largest absolute Gasteiger partial charge is 0.504 e. The summed E-state index contributed by atoms with van der Waals surface area (Å²) < 4.78 is 10.7. The molecule has 3 rings (SSSR count). The van der Waals surface area contributed by atoms with Gasteiger partial charge in [0, 0.05) is 23.7 Å². The molecule has 0 saturated carbocycles. The Hall–Kier alpha value is -2.36. The minimum Gasteiger partial charge on any atom is -0.504 e. The van der Waals surface area contributed by atoms with E-state index in [9.17, 15) is 5.11 Å². The Morgan fingerprint density at radius 3 is 2.90 bits per heavy atom. The van der Waals surface area contributed by atoms with E-state index < -0.39 is 0 Å². The average Bonchev–Trinajstić information content (AvgIpc) is 2.48. The van der Waals surface area contributed by atoms with Crippen molar-refractivity contribution in [2.45, 2.75) is 12.5 Å². The monoisotopic (exact) mass is 271 g/mol. The topological polar surface area (TPSA) is 50.7 Å². The van der Waals surface area contributed by atoms with Crippen LogP contribution in [-0.2, 0) is 0 Å². The van der Waals surface area contributed by atoms with Gasteiger partial charge in [0.25, 0.3) is 0 Å². The lowest BCUT2D eigenvalue weighted by atomic mass is 10.0. The number of ether oxygens (including phenoxy) is 2. The van der Waals surface area contributed by atoms with Gasteiger partial charge in [0.15, 0.2) is 11.5 Å². The van der Waals surface area contributed by atoms with Crippen molar-refractivity contribution in [3.8, 4) is 17.2 Å². The fourth-order valence-electron chi connectivity index (χ4n) is 2.47. The van der Waals surface area contributed by atoms with Crippen LogP contribution in [0.4, 0.5) is 5.69 Å². The molecule has 0 spiro atoms. The number of phenols is 1. The van der Waals surface area contributed by atoms with Crippen molar-refractivity contribution in [3.63, 3.8) is 0 Å². The van der Waals surface area contributed by atoms with Crippen LogP contribution in [0, 0.1) is 0 Å². The molecule has 0 aromatic heterocycles. The van der Waals surface area contributed by atoms with Crippen LogP contribution in [0.2, 0.25) is 0 Å². The number of phenolic OH excluding ortho intramolecular Hbond substituents is 1. The molecule has 1 atom stereocenters. The first kappa shape index (κ1) is 12.7. The van der Waals surface area contributed by atoms with Gasteiger partial charge in [-0.2, -0.15) is 0 Å². The molecule has 4 nitrogen and oxygen atoms in total. The number of hydrogen-bond acceptors (Lipinski definition) is 4. The highest BCUT2D eigenvalue weighted by Crippen LogP contribution is 2.36. The zero-order valence-corrected chi connectivity index (χ0v) is 11.3. The third kappa shape index (κ3) is 2.37. The zero-order chi connectivity index (χ0) is 13.9. The minimum atomic E-state index is 0.137. The molecule has 20 heavy (non-hydrogen) atoms. The summed E-state index contributed by atoms with van der Waals surface area (Å²) in [5.41, 5.74) is 2.01. The Morgan fingerprint density at radius 2 is 2.10 bits per heavy atom. The smallest absolute Gasteiger partial charge is 0.160 e. The van der Waals surface area contributed by atoms with Gasteiger partial charge in [-0.25, -0.2) is 0 Å². The molecular formula is C16H17NO3. The van der Waals surface area contributed by atoms with Gasteiger partial charge in [-0.15, -0.1) is 0 Å². The molecule has 0 radical (unpaired) electrons. The molecule has 0 fully saturated rings. The Kier molecular flexibility index (Phi) is 3.37. The lowest BCUT2D eigenvalue weighted by Crippen LogP contribution is -2.20. The minimum absolute atomic E-state index is 0.137. The third-order valence-corrected chi connectivity index (χ3v) is 3.48. The quantitative estimate of drug-likeness (QED) is 0.899. The summed E-state index contributed by atoms with van der Waals surface area (Å²) in [6.07, 6.45) is 0.893. The highest BCUT2D eigenvalue weighted by Gasteiger charge is 2.20. The number of anilines is 1. The Labute approximate surface area is 118 Å². The first-order valence-electron chi connectivity index (χ1n) is 6.63. The summed E-state index contributed by atoms with van der Waals surface area (Å²) >= 11 is 0. The van der Waals surface area contributed by atoms with E-state index in [4.69, 9.17) is 9.47 Å². The molecule has 4 heteroatoms. The first-order chi connectivity index (χ1) is 9.78. The fraction of sp³-hybridized carbons (Fsp3) is 0.250. The van der Waals surface area contributed by atoms with Gasteiger partial charge in [0.1, 0.15) is 5.75 Å². The van der Waals surface area contributed by atoms with E-state index in [0.29, 0.717) is 12.4 Å². The van der Waals surface area contributed by atoms with Crippen LogP contribution in [0.3, 0.4) is 0 Å². The summed E-state index contributed by atoms with van der Waals surface area (Å²) in [6, 6.07) is 13.5. The van der Waals surface area contributed by atoms with Crippen LogP contribution in [0.5, 0.6) is 17.2 Å². The van der Waals surface area contributed by atoms with Crippen LogP contribution in [-0.4, -0.2) is 18.8 Å². The van der Waals surface area contributed by atoms with Gasteiger partial charge >= 0.3 is 0 Å². The van der Waals surface area contributed by atoms with E-state index in [0.717, 1.165) is 23.4 Å². The Balaban J connectivity index is 1.84. The van der Waals surface area contributed by atoms with Crippen molar-refractivity contribution >= 4 is 5.69 Å². The molecular weight excluding hydrogens is 254 g/mol. The number of nitrogens with one attached hydrogen (secondary N) is 1. The normalized spacial score (nSPS) is 16.9. The molecule has 2 aromatic carbocycles. The summed E-state index contributed by atoms with van der Waals surface area (Å²) in [4.78, 5) is 0. The van der Waals surface area contributed by atoms with Crippen molar-refractivity contribution in [2.24, 2.45) is 0 Å². The lowest BCUT2D eigenvalue weighted by Gasteiger charge is -2.27. The first-order valence-corrected chi connectivity index (χ1v) is 6.63. The lowest BCUT2D eigenvalue weighted by molar-refractivity contribution is 0.274. The molecule has 1 aliphatic heterocycles. The number of fused-ring (bicyclic) bond motifs is 1. The fourth-order valence-corrected chi connectivity index (χ4v) is 2.47. The highest BCUT2D eigenvalue weighted by atomic mass is 16.5. The van der Waals surface area contributed by atoms with Gasteiger partial charge < -0.3 is 19.9 Å². The van der Waals surface area contributed by atoms with Crippen LogP contribution >= 0.6 is 0 Å². The summed E-state index contributed by atoms with van der Waals surface area (Å²) in [5.74, 6) is 1.54. The molecule has 1 heterocycles. The SMILES string of the molecule is COc1ccc(NC2CCOc3ccccc32)cc1O. The van der Waals surface area contributed by atoms with Crippen LogP contribution in [0.1, 0.15) is 18.0 Å². The molecule has 0 amide bonds. The number of para-hydroxylation sites is 1. The molecule has 1 unspecified atom stereocenters.